The Labute approximate surface area is 124 Å². The van der Waals surface area contributed by atoms with Crippen molar-refractivity contribution in [3.8, 4) is 11.5 Å². The molecule has 2 aromatic rings. The fraction of sp³-hybridized carbons (Fsp3) is 0.500. The minimum Gasteiger partial charge on any atom is -0.493 e. The maximum absolute atomic E-state index is 5.41. The van der Waals surface area contributed by atoms with Crippen LogP contribution in [0.4, 0.5) is 5.82 Å². The molecular formula is C16H21N3O2. The van der Waals surface area contributed by atoms with Gasteiger partial charge in [0.15, 0.2) is 11.5 Å². The number of fused-ring (bicyclic) bond motifs is 1. The quantitative estimate of drug-likeness (QED) is 0.868. The molecule has 0 unspecified atom stereocenters. The summed E-state index contributed by atoms with van der Waals surface area (Å²) in [5.41, 5.74) is 0.885. The van der Waals surface area contributed by atoms with E-state index in [4.69, 9.17) is 9.47 Å². The van der Waals surface area contributed by atoms with E-state index in [0.29, 0.717) is 17.5 Å². The van der Waals surface area contributed by atoms with Gasteiger partial charge in [-0.25, -0.2) is 9.97 Å². The second-order valence-corrected chi connectivity index (χ2v) is 5.46. The molecule has 5 heteroatoms. The van der Waals surface area contributed by atoms with Gasteiger partial charge in [-0.05, 0) is 32.3 Å². The van der Waals surface area contributed by atoms with Crippen molar-refractivity contribution in [3.63, 3.8) is 0 Å². The molecule has 0 saturated carbocycles. The molecule has 0 bridgehead atoms. The van der Waals surface area contributed by atoms with Crippen LogP contribution in [0.2, 0.25) is 0 Å². The molecule has 1 aliphatic heterocycles. The molecule has 1 saturated heterocycles. The maximum Gasteiger partial charge on any atom is 0.162 e. The standard InChI is InChI=1S/C16H21N3O2/c1-11-6-4-5-7-19(11)16-12-8-14(20-2)15(21-3)9-13(12)17-10-18-16/h8-11H,4-7H2,1-3H3/t11-/m0/s1. The summed E-state index contributed by atoms with van der Waals surface area (Å²) in [6.45, 7) is 3.30. The molecule has 1 aromatic heterocycles. The summed E-state index contributed by atoms with van der Waals surface area (Å²) in [6, 6.07) is 4.39. The summed E-state index contributed by atoms with van der Waals surface area (Å²) in [5, 5.41) is 1.02. The lowest BCUT2D eigenvalue weighted by molar-refractivity contribution is 0.355. The summed E-state index contributed by atoms with van der Waals surface area (Å²) >= 11 is 0. The van der Waals surface area contributed by atoms with Crippen LogP contribution in [0, 0.1) is 0 Å². The molecule has 0 N–H and O–H groups in total. The average molecular weight is 287 g/mol. The predicted octanol–water partition coefficient (Wildman–Crippen LogP) is 3.03. The van der Waals surface area contributed by atoms with Crippen molar-refractivity contribution >= 4 is 16.7 Å². The number of nitrogens with zero attached hydrogens (tertiary/aromatic N) is 3. The Morgan fingerprint density at radius 3 is 2.57 bits per heavy atom. The van der Waals surface area contributed by atoms with E-state index in [-0.39, 0.29) is 0 Å². The predicted molar refractivity (Wildman–Crippen MR) is 83.3 cm³/mol. The van der Waals surface area contributed by atoms with Gasteiger partial charge in [-0.1, -0.05) is 0 Å². The van der Waals surface area contributed by atoms with Crippen molar-refractivity contribution in [2.75, 3.05) is 25.7 Å². The molecule has 1 aliphatic rings. The van der Waals surface area contributed by atoms with E-state index in [2.05, 4.69) is 21.8 Å². The first-order chi connectivity index (χ1) is 10.2. The van der Waals surface area contributed by atoms with Gasteiger partial charge in [0.05, 0.1) is 19.7 Å². The molecule has 1 atom stereocenters. The lowest BCUT2D eigenvalue weighted by Crippen LogP contribution is -2.38. The first-order valence-corrected chi connectivity index (χ1v) is 7.38. The third kappa shape index (κ3) is 2.48. The highest BCUT2D eigenvalue weighted by Gasteiger charge is 2.22. The number of methoxy groups -OCH3 is 2. The van der Waals surface area contributed by atoms with Gasteiger partial charge in [0.2, 0.25) is 0 Å². The summed E-state index contributed by atoms with van der Waals surface area (Å²) < 4.78 is 10.8. The third-order valence-electron chi connectivity index (χ3n) is 4.19. The first kappa shape index (κ1) is 13.9. The Kier molecular flexibility index (Phi) is 3.82. The van der Waals surface area contributed by atoms with Crippen molar-refractivity contribution in [1.82, 2.24) is 9.97 Å². The van der Waals surface area contributed by atoms with E-state index in [1.807, 2.05) is 12.1 Å². The Morgan fingerprint density at radius 2 is 1.86 bits per heavy atom. The van der Waals surface area contributed by atoms with Gasteiger partial charge >= 0.3 is 0 Å². The van der Waals surface area contributed by atoms with Gasteiger partial charge in [0.1, 0.15) is 12.1 Å². The second kappa shape index (κ2) is 5.76. The van der Waals surface area contributed by atoms with Crippen LogP contribution < -0.4 is 14.4 Å². The third-order valence-corrected chi connectivity index (χ3v) is 4.19. The van der Waals surface area contributed by atoms with Crippen molar-refractivity contribution in [2.45, 2.75) is 32.2 Å². The normalized spacial score (nSPS) is 18.8. The van der Waals surface area contributed by atoms with E-state index in [1.54, 1.807) is 20.5 Å². The highest BCUT2D eigenvalue weighted by molar-refractivity contribution is 5.92. The minimum absolute atomic E-state index is 0.505. The van der Waals surface area contributed by atoms with E-state index in [1.165, 1.54) is 19.3 Å². The molecule has 1 fully saturated rings. The average Bonchev–Trinajstić information content (AvgIpc) is 2.53. The number of hydrogen-bond acceptors (Lipinski definition) is 5. The number of anilines is 1. The second-order valence-electron chi connectivity index (χ2n) is 5.46. The highest BCUT2D eigenvalue weighted by atomic mass is 16.5. The largest absolute Gasteiger partial charge is 0.493 e. The zero-order valence-corrected chi connectivity index (χ0v) is 12.8. The Hall–Kier alpha value is -2.04. The SMILES string of the molecule is COc1cc2ncnc(N3CCCC[C@@H]3C)c2cc1OC. The van der Waals surface area contributed by atoms with Crippen molar-refractivity contribution in [1.29, 1.82) is 0 Å². The number of ether oxygens (including phenoxy) is 2. The molecule has 21 heavy (non-hydrogen) atoms. The highest BCUT2D eigenvalue weighted by Crippen LogP contribution is 2.36. The van der Waals surface area contributed by atoms with Crippen LogP contribution in [-0.2, 0) is 0 Å². The summed E-state index contributed by atoms with van der Waals surface area (Å²) in [4.78, 5) is 11.3. The first-order valence-electron chi connectivity index (χ1n) is 7.38. The van der Waals surface area contributed by atoms with Crippen LogP contribution >= 0.6 is 0 Å². The molecule has 1 aromatic carbocycles. The van der Waals surface area contributed by atoms with E-state index >= 15 is 0 Å². The Morgan fingerprint density at radius 1 is 1.10 bits per heavy atom. The zero-order chi connectivity index (χ0) is 14.8. The van der Waals surface area contributed by atoms with Crippen LogP contribution in [0.5, 0.6) is 11.5 Å². The van der Waals surface area contributed by atoms with E-state index < -0.39 is 0 Å². The van der Waals surface area contributed by atoms with E-state index in [0.717, 1.165) is 23.3 Å². The zero-order valence-electron chi connectivity index (χ0n) is 12.8. The lowest BCUT2D eigenvalue weighted by atomic mass is 10.0. The van der Waals surface area contributed by atoms with Crippen LogP contribution in [0.25, 0.3) is 10.9 Å². The number of rotatable bonds is 3. The summed E-state index contributed by atoms with van der Waals surface area (Å²) in [6.07, 6.45) is 5.34. The van der Waals surface area contributed by atoms with Gasteiger partial charge in [0, 0.05) is 24.0 Å². The maximum atomic E-state index is 5.41. The summed E-state index contributed by atoms with van der Waals surface area (Å²) in [7, 11) is 3.29. The molecule has 0 radical (unpaired) electrons. The number of aromatic nitrogens is 2. The fourth-order valence-electron chi connectivity index (χ4n) is 3.01. The number of piperidine rings is 1. The number of hydrogen-bond donors (Lipinski definition) is 0. The smallest absolute Gasteiger partial charge is 0.162 e. The molecule has 2 heterocycles. The Balaban J connectivity index is 2.14. The molecule has 3 rings (SSSR count). The minimum atomic E-state index is 0.505. The molecule has 0 aliphatic carbocycles. The van der Waals surface area contributed by atoms with Crippen molar-refractivity contribution in [2.24, 2.45) is 0 Å². The van der Waals surface area contributed by atoms with Crippen molar-refractivity contribution < 1.29 is 9.47 Å². The van der Waals surface area contributed by atoms with Crippen LogP contribution in [0.3, 0.4) is 0 Å². The molecular weight excluding hydrogens is 266 g/mol. The van der Waals surface area contributed by atoms with Gasteiger partial charge in [-0.3, -0.25) is 0 Å². The van der Waals surface area contributed by atoms with Crippen LogP contribution in [-0.4, -0.2) is 36.8 Å². The monoisotopic (exact) mass is 287 g/mol. The topological polar surface area (TPSA) is 47.5 Å². The van der Waals surface area contributed by atoms with Crippen molar-refractivity contribution in [3.05, 3.63) is 18.5 Å². The van der Waals surface area contributed by atoms with Crippen LogP contribution in [0.15, 0.2) is 18.5 Å². The van der Waals surface area contributed by atoms with Gasteiger partial charge < -0.3 is 14.4 Å². The number of benzene rings is 1. The molecule has 0 spiro atoms. The van der Waals surface area contributed by atoms with Gasteiger partial charge in [-0.15, -0.1) is 0 Å². The Bertz CT molecular complexity index is 645. The van der Waals surface area contributed by atoms with Crippen LogP contribution in [0.1, 0.15) is 26.2 Å². The van der Waals surface area contributed by atoms with E-state index in [9.17, 15) is 0 Å². The van der Waals surface area contributed by atoms with Gasteiger partial charge in [-0.2, -0.15) is 0 Å². The van der Waals surface area contributed by atoms with Gasteiger partial charge in [0.25, 0.3) is 0 Å². The molecule has 5 nitrogen and oxygen atoms in total. The summed E-state index contributed by atoms with van der Waals surface area (Å²) in [5.74, 6) is 2.40. The lowest BCUT2D eigenvalue weighted by Gasteiger charge is -2.35. The fourth-order valence-corrected chi connectivity index (χ4v) is 3.01. The molecule has 0 amide bonds. The molecule has 112 valence electrons.